The maximum absolute atomic E-state index is 14.3. The number of methoxy groups -OCH3 is 2. The first-order valence-electron chi connectivity index (χ1n) is 9.03. The molecular weight excluding hydrogens is 431 g/mol. The lowest BCUT2D eigenvalue weighted by atomic mass is 10.1. The zero-order valence-electron chi connectivity index (χ0n) is 16.4. The maximum Gasteiger partial charge on any atom is 0.341 e. The van der Waals surface area contributed by atoms with Gasteiger partial charge in [0.05, 0.1) is 31.3 Å². The number of amides is 2. The number of nitrogens with zero attached hydrogens (tertiary/aromatic N) is 3. The summed E-state index contributed by atoms with van der Waals surface area (Å²) in [5.74, 6) is -2.07. The van der Waals surface area contributed by atoms with E-state index in [1.807, 2.05) is 0 Å². The number of carbonyl (C=O) groups excluding carboxylic acids is 1. The molecule has 0 atom stereocenters. The Morgan fingerprint density at radius 2 is 1.71 bits per heavy atom. The van der Waals surface area contributed by atoms with Crippen LogP contribution in [-0.2, 0) is 6.54 Å². The highest BCUT2D eigenvalue weighted by atomic mass is 32.2. The largest absolute Gasteiger partial charge is 0.493 e. The van der Waals surface area contributed by atoms with E-state index in [2.05, 4.69) is 4.98 Å². The van der Waals surface area contributed by atoms with E-state index in [1.165, 1.54) is 24.7 Å². The molecule has 31 heavy (non-hydrogen) atoms. The van der Waals surface area contributed by atoms with Gasteiger partial charge in [-0.3, -0.25) is 4.90 Å². The van der Waals surface area contributed by atoms with Crippen molar-refractivity contribution in [1.29, 1.82) is 0 Å². The monoisotopic (exact) mass is 447 g/mol. The van der Waals surface area contributed by atoms with Crippen molar-refractivity contribution in [2.75, 3.05) is 23.4 Å². The van der Waals surface area contributed by atoms with Crippen LogP contribution in [0.3, 0.4) is 0 Å². The van der Waals surface area contributed by atoms with Gasteiger partial charge < -0.3 is 9.47 Å². The minimum absolute atomic E-state index is 0.248. The Labute approximate surface area is 180 Å². The predicted octanol–water partition coefficient (Wildman–Crippen LogP) is 5.17. The van der Waals surface area contributed by atoms with E-state index in [9.17, 15) is 18.0 Å². The van der Waals surface area contributed by atoms with Gasteiger partial charge in [-0.2, -0.15) is 0 Å². The normalized spacial score (nSPS) is 13.3. The van der Waals surface area contributed by atoms with Gasteiger partial charge in [0, 0.05) is 41.9 Å². The van der Waals surface area contributed by atoms with Gasteiger partial charge in [-0.15, -0.1) is 0 Å². The molecule has 0 unspecified atom stereocenters. The van der Waals surface area contributed by atoms with Gasteiger partial charge in [0.15, 0.2) is 17.3 Å². The van der Waals surface area contributed by atoms with E-state index < -0.39 is 35.6 Å². The Balaban J connectivity index is 1.77. The number of aromatic nitrogens is 1. The number of benzene rings is 2. The molecule has 4 rings (SSSR count). The molecular formula is C21H16F3N3O3S. The fourth-order valence-electron chi connectivity index (χ4n) is 3.13. The summed E-state index contributed by atoms with van der Waals surface area (Å²) in [6.07, 6.45) is 1.48. The zero-order valence-corrected chi connectivity index (χ0v) is 17.3. The van der Waals surface area contributed by atoms with Crippen LogP contribution >= 0.6 is 11.9 Å². The van der Waals surface area contributed by atoms with Crippen LogP contribution in [0, 0.1) is 17.5 Å². The second-order valence-corrected chi connectivity index (χ2v) is 7.45. The average Bonchev–Trinajstić information content (AvgIpc) is 2.76. The summed E-state index contributed by atoms with van der Waals surface area (Å²) in [5.41, 5.74) is 0.0257. The Kier molecular flexibility index (Phi) is 5.64. The first-order chi connectivity index (χ1) is 14.9. The Morgan fingerprint density at radius 3 is 2.39 bits per heavy atom. The number of hydrogen-bond acceptors (Lipinski definition) is 5. The number of halogens is 3. The zero-order chi connectivity index (χ0) is 22.1. The number of urea groups is 1. The third-order valence-electron chi connectivity index (χ3n) is 4.62. The highest BCUT2D eigenvalue weighted by molar-refractivity contribution is 8.01. The maximum atomic E-state index is 14.3. The van der Waals surface area contributed by atoms with E-state index in [-0.39, 0.29) is 5.82 Å². The minimum atomic E-state index is -1.08. The number of pyridine rings is 1. The number of fused-ring (bicyclic) bond motifs is 1. The molecule has 3 aromatic rings. The van der Waals surface area contributed by atoms with E-state index in [0.717, 1.165) is 16.8 Å². The molecule has 10 heteroatoms. The summed E-state index contributed by atoms with van der Waals surface area (Å²) in [6, 6.07) is 8.91. The van der Waals surface area contributed by atoms with Gasteiger partial charge in [0.25, 0.3) is 0 Å². The van der Waals surface area contributed by atoms with Crippen molar-refractivity contribution in [2.45, 2.75) is 11.4 Å². The van der Waals surface area contributed by atoms with Gasteiger partial charge >= 0.3 is 6.03 Å². The van der Waals surface area contributed by atoms with Crippen LogP contribution in [0.1, 0.15) is 5.56 Å². The third kappa shape index (κ3) is 3.86. The second kappa shape index (κ2) is 8.38. The van der Waals surface area contributed by atoms with Crippen LogP contribution in [0.4, 0.5) is 29.5 Å². The van der Waals surface area contributed by atoms with Gasteiger partial charge in [0.1, 0.15) is 17.5 Å². The van der Waals surface area contributed by atoms with Gasteiger partial charge in [-0.25, -0.2) is 27.3 Å². The van der Waals surface area contributed by atoms with Crippen molar-refractivity contribution >= 4 is 29.5 Å². The average molecular weight is 447 g/mol. The predicted molar refractivity (Wildman–Crippen MR) is 110 cm³/mol. The highest BCUT2D eigenvalue weighted by Gasteiger charge is 2.35. The molecule has 2 amide bonds. The van der Waals surface area contributed by atoms with Crippen LogP contribution in [0.25, 0.3) is 0 Å². The van der Waals surface area contributed by atoms with Crippen molar-refractivity contribution in [2.24, 2.45) is 0 Å². The minimum Gasteiger partial charge on any atom is -0.493 e. The molecule has 0 N–H and O–H groups in total. The van der Waals surface area contributed by atoms with Crippen LogP contribution < -0.4 is 18.7 Å². The van der Waals surface area contributed by atoms with Crippen molar-refractivity contribution in [3.8, 4) is 11.5 Å². The molecule has 0 saturated carbocycles. The van der Waals surface area contributed by atoms with Crippen molar-refractivity contribution in [3.05, 3.63) is 71.7 Å². The molecule has 0 spiro atoms. The number of ether oxygens (including phenoxy) is 2. The fourth-order valence-corrected chi connectivity index (χ4v) is 4.11. The molecule has 6 nitrogen and oxygen atoms in total. The van der Waals surface area contributed by atoms with Gasteiger partial charge in [0.2, 0.25) is 0 Å². The lowest BCUT2D eigenvalue weighted by Crippen LogP contribution is -2.43. The number of rotatable bonds is 5. The van der Waals surface area contributed by atoms with E-state index >= 15 is 0 Å². The molecule has 0 radical (unpaired) electrons. The summed E-state index contributed by atoms with van der Waals surface area (Å²) in [4.78, 5) is 19.3. The lowest BCUT2D eigenvalue weighted by molar-refractivity contribution is 0.253. The molecule has 160 valence electrons. The number of hydrogen-bond donors (Lipinski definition) is 0. The van der Waals surface area contributed by atoms with E-state index in [1.54, 1.807) is 30.3 Å². The standard InChI is InChI=1S/C21H16F3N3O3S/c1-29-17-6-5-13(10-18(17)30-2)27-21(28)26(20-19(31-27)4-3-7-25-20)11-14-15(23)8-12(22)9-16(14)24/h3-10H,11H2,1-2H3. The topological polar surface area (TPSA) is 54.9 Å². The summed E-state index contributed by atoms with van der Waals surface area (Å²) >= 11 is 1.11. The number of carbonyl (C=O) groups is 1. The molecule has 0 bridgehead atoms. The molecule has 2 aromatic carbocycles. The Hall–Kier alpha value is -3.40. The van der Waals surface area contributed by atoms with Crippen LogP contribution in [0.5, 0.6) is 11.5 Å². The molecule has 0 saturated heterocycles. The van der Waals surface area contributed by atoms with Crippen LogP contribution in [0.15, 0.2) is 53.6 Å². The van der Waals surface area contributed by atoms with Crippen molar-refractivity contribution < 1.29 is 27.4 Å². The second-order valence-electron chi connectivity index (χ2n) is 6.47. The Bertz CT molecular complexity index is 1140. The molecule has 1 aliphatic heterocycles. The summed E-state index contributed by atoms with van der Waals surface area (Å²) in [6.45, 7) is -0.467. The van der Waals surface area contributed by atoms with Crippen LogP contribution in [-0.4, -0.2) is 25.2 Å². The van der Waals surface area contributed by atoms with Gasteiger partial charge in [-0.1, -0.05) is 0 Å². The lowest BCUT2D eigenvalue weighted by Gasteiger charge is -2.35. The quantitative estimate of drug-likeness (QED) is 0.505. The van der Waals surface area contributed by atoms with Crippen molar-refractivity contribution in [3.63, 3.8) is 0 Å². The van der Waals surface area contributed by atoms with E-state index in [0.29, 0.717) is 34.2 Å². The fraction of sp³-hybridized carbons (Fsp3) is 0.143. The first kappa shape index (κ1) is 20.9. The molecule has 1 aliphatic rings. The molecule has 0 fully saturated rings. The first-order valence-corrected chi connectivity index (χ1v) is 9.80. The SMILES string of the molecule is COc1ccc(N2Sc3cccnc3N(Cc3c(F)cc(F)cc3F)C2=O)cc1OC. The van der Waals surface area contributed by atoms with Gasteiger partial charge in [-0.05, 0) is 24.3 Å². The summed E-state index contributed by atoms with van der Waals surface area (Å²) in [5, 5.41) is 0. The molecule has 2 heterocycles. The van der Waals surface area contributed by atoms with Crippen LogP contribution in [0.2, 0.25) is 0 Å². The summed E-state index contributed by atoms with van der Waals surface area (Å²) in [7, 11) is 2.96. The molecule has 0 aliphatic carbocycles. The summed E-state index contributed by atoms with van der Waals surface area (Å²) < 4.78 is 53.8. The number of anilines is 2. The van der Waals surface area contributed by atoms with E-state index in [4.69, 9.17) is 9.47 Å². The smallest absolute Gasteiger partial charge is 0.341 e. The third-order valence-corrected chi connectivity index (χ3v) is 5.69. The highest BCUT2D eigenvalue weighted by Crippen LogP contribution is 2.43. The molecule has 1 aromatic heterocycles. The van der Waals surface area contributed by atoms with Crippen molar-refractivity contribution in [1.82, 2.24) is 4.98 Å². The Morgan fingerprint density at radius 1 is 1.00 bits per heavy atom.